The predicted molar refractivity (Wildman–Crippen MR) is 16.5 cm³/mol. The molecule has 0 aromatic carbocycles. The van der Waals surface area contributed by atoms with Crippen molar-refractivity contribution in [2.45, 2.75) is 0 Å². The summed E-state index contributed by atoms with van der Waals surface area (Å²) in [6.45, 7) is 0. The topological polar surface area (TPSA) is 80.3 Å². The Morgan fingerprint density at radius 2 is 1.38 bits per heavy atom. The van der Waals surface area contributed by atoms with Gasteiger partial charge >= 0.3 is 83.8 Å². The van der Waals surface area contributed by atoms with Crippen molar-refractivity contribution in [3.8, 4) is 0 Å². The van der Waals surface area contributed by atoms with Gasteiger partial charge in [0.15, 0.2) is 0 Å². The van der Waals surface area contributed by atoms with Gasteiger partial charge in [0, 0.05) is 0 Å². The minimum Gasteiger partial charge on any atom is 2.00 e. The zero-order valence-corrected chi connectivity index (χ0v) is 9.22. The van der Waals surface area contributed by atoms with Gasteiger partial charge in [-0.05, 0) is 0 Å². The number of carbonyl (C=O) groups is 2. The Balaban J connectivity index is 0. The van der Waals surface area contributed by atoms with Gasteiger partial charge < -0.3 is 0 Å². The fraction of sp³-hybridized carbons (Fsp3) is 0. The van der Waals surface area contributed by atoms with Gasteiger partial charge in [-0.15, -0.1) is 0 Å². The van der Waals surface area contributed by atoms with E-state index in [0.29, 0.717) is 0 Å². The van der Waals surface area contributed by atoms with Gasteiger partial charge in [0.25, 0.3) is 0 Å². The summed E-state index contributed by atoms with van der Waals surface area (Å²) in [7, 11) is 0. The molecule has 0 saturated heterocycles. The second-order valence-corrected chi connectivity index (χ2v) is 4.09. The summed E-state index contributed by atoms with van der Waals surface area (Å²) in [6.07, 6.45) is 0. The number of hydrogen-bond donors (Lipinski definition) is 0. The molecule has 0 aliphatic rings. The van der Waals surface area contributed by atoms with Crippen LogP contribution in [0.3, 0.4) is 0 Å². The minimum atomic E-state index is -2.49. The molecule has 0 bridgehead atoms. The van der Waals surface area contributed by atoms with E-state index in [1.807, 2.05) is 0 Å². The molecule has 0 spiro atoms. The molecule has 4 nitrogen and oxygen atoms in total. The fourth-order valence-corrected chi connectivity index (χ4v) is 0.612. The Hall–Kier alpha value is 0.823. The van der Waals surface area contributed by atoms with Gasteiger partial charge in [0.2, 0.25) is 0 Å². The van der Waals surface area contributed by atoms with Gasteiger partial charge in [0.05, 0.1) is 0 Å². The van der Waals surface area contributed by atoms with E-state index in [4.69, 9.17) is 0 Å². The number of rotatable bonds is 2. The first-order valence-electron chi connectivity index (χ1n) is 1.52. The van der Waals surface area contributed by atoms with Gasteiger partial charge in [-0.25, -0.2) is 0 Å². The Labute approximate surface area is 82.9 Å². The summed E-state index contributed by atoms with van der Waals surface area (Å²) in [4.78, 5) is 18.7. The predicted octanol–water partition coefficient (Wildman–Crippen LogP) is -2.63. The van der Waals surface area contributed by atoms with Crippen molar-refractivity contribution in [1.29, 1.82) is 0 Å². The van der Waals surface area contributed by atoms with E-state index in [1.54, 1.807) is 0 Å². The van der Waals surface area contributed by atoms with E-state index < -0.39 is 26.3 Å². The Morgan fingerprint density at radius 3 is 1.38 bits per heavy atom. The molecule has 0 atom stereocenters. The molecule has 0 aromatic rings. The first-order chi connectivity index (χ1) is 3.13. The molecular weight excluding hydrogens is 193 g/mol. The van der Waals surface area contributed by atoms with Crippen LogP contribution >= 0.6 is 0 Å². The molecule has 0 radical (unpaired) electrons. The average molecular weight is 193 g/mol. The maximum Gasteiger partial charge on any atom is 2.00 e. The summed E-state index contributed by atoms with van der Waals surface area (Å²) in [5.41, 5.74) is 0. The van der Waals surface area contributed by atoms with Gasteiger partial charge in [0.1, 0.15) is 0 Å². The van der Waals surface area contributed by atoms with Crippen molar-refractivity contribution in [3.63, 3.8) is 0 Å². The largest absolute Gasteiger partial charge is 2.00 e. The van der Waals surface area contributed by atoms with Crippen LogP contribution in [-0.2, 0) is 17.1 Å². The zero-order chi connectivity index (χ0) is 5.86. The van der Waals surface area contributed by atoms with Crippen LogP contribution in [0, 0.1) is 0 Å². The van der Waals surface area contributed by atoms with Crippen LogP contribution in [0.25, 0.3) is 0 Å². The summed E-state index contributed by atoms with van der Waals surface area (Å²) in [6, 6.07) is 0. The van der Waals surface area contributed by atoms with Gasteiger partial charge in [-0.1, -0.05) is 0 Å². The van der Waals surface area contributed by atoms with Crippen molar-refractivity contribution in [1.82, 2.24) is 0 Å². The minimum absolute atomic E-state index is 0. The van der Waals surface area contributed by atoms with Crippen molar-refractivity contribution < 1.29 is 36.9 Å². The van der Waals surface area contributed by atoms with Crippen LogP contribution < -0.4 is 10.2 Å². The third-order valence-electron chi connectivity index (χ3n) is 0.289. The molecule has 0 N–H and O–H groups in total. The number of carbonyl (C=O) groups excluding carboxylic acids is 2. The summed E-state index contributed by atoms with van der Waals surface area (Å²) < 4.78 is -2.88. The fourth-order valence-electron chi connectivity index (χ4n) is 0.118. The Kier molecular flexibility index (Phi) is 8.63. The molecular formula is C2CaO4Zn. The van der Waals surface area contributed by atoms with Crippen molar-refractivity contribution in [3.05, 3.63) is 0 Å². The SMILES string of the molecule is O=[C]([O-])[Zn][C](=O)[O-].[Ca+2]. The normalized spacial score (nSPS) is 6.00. The molecule has 0 rings (SSSR count). The van der Waals surface area contributed by atoms with Gasteiger partial charge in [-0.2, -0.15) is 0 Å². The third-order valence-corrected chi connectivity index (χ3v) is 1.50. The molecule has 0 fully saturated rings. The van der Waals surface area contributed by atoms with E-state index in [0.717, 1.165) is 0 Å². The Morgan fingerprint density at radius 1 is 1.12 bits per heavy atom. The van der Waals surface area contributed by atoms with E-state index >= 15 is 0 Å². The molecule has 0 heterocycles. The van der Waals surface area contributed by atoms with E-state index in [9.17, 15) is 19.8 Å². The van der Waals surface area contributed by atoms with Crippen molar-refractivity contribution in [2.24, 2.45) is 0 Å². The van der Waals surface area contributed by atoms with Crippen LogP contribution in [0.5, 0.6) is 0 Å². The third kappa shape index (κ3) is 9.95. The van der Waals surface area contributed by atoms with E-state index in [1.165, 1.54) is 0 Å². The molecule has 36 valence electrons. The molecule has 0 amide bonds. The monoisotopic (exact) mass is 192 g/mol. The first kappa shape index (κ1) is 11.6. The van der Waals surface area contributed by atoms with Crippen LogP contribution in [0.4, 0.5) is 9.59 Å². The molecule has 6 heteroatoms. The first-order valence-corrected chi connectivity index (χ1v) is 4.49. The maximum atomic E-state index is 9.36. The average Bonchev–Trinajstić information content (AvgIpc) is 1.27. The second-order valence-electron chi connectivity index (χ2n) is 0.921. The molecule has 0 unspecified atom stereocenters. The van der Waals surface area contributed by atoms with E-state index in [2.05, 4.69) is 0 Å². The maximum absolute atomic E-state index is 9.36. The molecule has 0 aliphatic heterocycles. The summed E-state index contributed by atoms with van der Waals surface area (Å²) in [5.74, 6) is 0. The standard InChI is InChI=1S/2CO2.Ca.Zn/c2*2-1-3;;/q2*-1;+2;. The number of carboxylic acid groups (broad SMARTS) is 2. The van der Waals surface area contributed by atoms with Crippen molar-refractivity contribution in [2.75, 3.05) is 0 Å². The molecule has 8 heavy (non-hydrogen) atoms. The van der Waals surface area contributed by atoms with Crippen molar-refractivity contribution >= 4 is 46.9 Å². The van der Waals surface area contributed by atoms with Gasteiger partial charge in [-0.3, -0.25) is 0 Å². The van der Waals surface area contributed by atoms with Crippen LogP contribution in [0.1, 0.15) is 0 Å². The Bertz CT molecular complexity index is 90.2. The van der Waals surface area contributed by atoms with Crippen LogP contribution in [-0.4, -0.2) is 46.9 Å². The van der Waals surface area contributed by atoms with Crippen LogP contribution in [0.2, 0.25) is 0 Å². The molecule has 0 aromatic heterocycles. The second kappa shape index (κ2) is 5.95. The smallest absolute Gasteiger partial charge is 2.00 e. The quantitative estimate of drug-likeness (QED) is 0.450. The summed E-state index contributed by atoms with van der Waals surface area (Å²) >= 11 is -2.49. The number of hydrogen-bond acceptors (Lipinski definition) is 4. The zero-order valence-electron chi connectivity index (χ0n) is 4.05. The van der Waals surface area contributed by atoms with E-state index in [-0.39, 0.29) is 37.7 Å². The molecule has 0 aliphatic carbocycles. The summed E-state index contributed by atoms with van der Waals surface area (Å²) in [5, 5.41) is 18.7. The molecule has 0 saturated carbocycles. The van der Waals surface area contributed by atoms with Crippen LogP contribution in [0.15, 0.2) is 0 Å².